The highest BCUT2D eigenvalue weighted by atomic mass is 16.8. The normalized spacial score (nSPS) is 39.2. The molecule has 7 N–H and O–H groups in total. The van der Waals surface area contributed by atoms with E-state index in [-0.39, 0.29) is 5.75 Å². The first-order valence-electron chi connectivity index (χ1n) is 12.4. The molecular formula is C26H32O14. The van der Waals surface area contributed by atoms with Crippen LogP contribution in [-0.4, -0.2) is 116 Å². The number of aliphatic hydroxyl groups is 6. The van der Waals surface area contributed by atoms with E-state index < -0.39 is 90.8 Å². The summed E-state index contributed by atoms with van der Waals surface area (Å²) in [6.45, 7) is 0.494. The summed E-state index contributed by atoms with van der Waals surface area (Å²) in [5, 5.41) is 72.7. The van der Waals surface area contributed by atoms with Gasteiger partial charge in [0.25, 0.3) is 0 Å². The van der Waals surface area contributed by atoms with Crippen molar-refractivity contribution in [3.63, 3.8) is 0 Å². The number of ether oxygens (including phenoxy) is 5. The van der Waals surface area contributed by atoms with Gasteiger partial charge in [0.15, 0.2) is 6.29 Å². The lowest BCUT2D eigenvalue weighted by molar-refractivity contribution is -0.352. The lowest BCUT2D eigenvalue weighted by Crippen LogP contribution is -2.62. The van der Waals surface area contributed by atoms with Gasteiger partial charge in [-0.3, -0.25) is 0 Å². The first-order chi connectivity index (χ1) is 18.8. The molecule has 1 aliphatic carbocycles. The predicted molar refractivity (Wildman–Crippen MR) is 131 cm³/mol. The Hall–Kier alpha value is -3.08. The smallest absolute Gasteiger partial charge is 0.339 e. The van der Waals surface area contributed by atoms with Gasteiger partial charge in [-0.15, -0.1) is 0 Å². The minimum atomic E-state index is -2.22. The van der Waals surface area contributed by atoms with Crippen LogP contribution in [0.1, 0.15) is 18.9 Å². The van der Waals surface area contributed by atoms with Crippen molar-refractivity contribution in [2.75, 3.05) is 13.7 Å². The monoisotopic (exact) mass is 568 g/mol. The van der Waals surface area contributed by atoms with Crippen LogP contribution < -0.4 is 0 Å². The van der Waals surface area contributed by atoms with E-state index in [4.69, 9.17) is 23.7 Å². The van der Waals surface area contributed by atoms with E-state index >= 15 is 0 Å². The number of methoxy groups -OCH3 is 1. The molecule has 40 heavy (non-hydrogen) atoms. The third kappa shape index (κ3) is 5.44. The molecule has 14 nitrogen and oxygen atoms in total. The van der Waals surface area contributed by atoms with Crippen LogP contribution in [0.15, 0.2) is 42.2 Å². The SMILES string of the molecule is COC(=O)C1=COC(OC2OC(CO)C(O)C(O)C2O)C2C1(O)CC(OC(=O)C=Cc1ccc(O)cc1)C2(C)O. The van der Waals surface area contributed by atoms with Crippen molar-refractivity contribution in [2.24, 2.45) is 5.92 Å². The van der Waals surface area contributed by atoms with E-state index in [1.165, 1.54) is 25.1 Å². The van der Waals surface area contributed by atoms with Crippen LogP contribution >= 0.6 is 0 Å². The van der Waals surface area contributed by atoms with Crippen LogP contribution in [0.5, 0.6) is 5.75 Å². The molecule has 1 aromatic rings. The van der Waals surface area contributed by atoms with Gasteiger partial charge >= 0.3 is 11.9 Å². The molecule has 4 rings (SSSR count). The molecule has 0 radical (unpaired) electrons. The summed E-state index contributed by atoms with van der Waals surface area (Å²) in [7, 11) is 1.07. The number of fused-ring (bicyclic) bond motifs is 1. The third-order valence-corrected chi connectivity index (χ3v) is 7.44. The Morgan fingerprint density at radius 2 is 1.75 bits per heavy atom. The van der Waals surface area contributed by atoms with Crippen molar-refractivity contribution in [2.45, 2.75) is 67.6 Å². The fourth-order valence-electron chi connectivity index (χ4n) is 5.24. The average Bonchev–Trinajstić information content (AvgIpc) is 3.13. The second-order valence-electron chi connectivity index (χ2n) is 10.0. The van der Waals surface area contributed by atoms with Gasteiger partial charge < -0.3 is 59.4 Å². The van der Waals surface area contributed by atoms with Crippen LogP contribution in [-0.2, 0) is 33.3 Å². The van der Waals surface area contributed by atoms with Gasteiger partial charge in [0.1, 0.15) is 53.0 Å². The zero-order chi connectivity index (χ0) is 29.4. The summed E-state index contributed by atoms with van der Waals surface area (Å²) in [6, 6.07) is 5.94. The fraction of sp³-hybridized carbons (Fsp3) is 0.538. The zero-order valence-corrected chi connectivity index (χ0v) is 21.6. The van der Waals surface area contributed by atoms with Crippen LogP contribution in [0.3, 0.4) is 0 Å². The topological polar surface area (TPSA) is 222 Å². The molecule has 0 amide bonds. The number of hydrogen-bond donors (Lipinski definition) is 7. The van der Waals surface area contributed by atoms with Crippen molar-refractivity contribution in [3.05, 3.63) is 47.7 Å². The quantitative estimate of drug-likeness (QED) is 0.140. The number of phenolic OH excluding ortho intramolecular Hbond substituents is 1. The van der Waals surface area contributed by atoms with Crippen LogP contribution in [0.25, 0.3) is 6.08 Å². The standard InChI is InChI=1S/C26H32O14/c1-25(34)16(39-17(29)8-5-12-3-6-13(28)7-4-12)9-26(35)14(22(33)36-2)11-37-24(21(25)26)40-23-20(32)19(31)18(30)15(10-27)38-23/h3-8,11,15-16,18-21,23-24,27-28,30-32,34-35H,9-10H2,1-2H3. The summed E-state index contributed by atoms with van der Waals surface area (Å²) in [6.07, 6.45) is -8.50. The molecule has 0 spiro atoms. The van der Waals surface area contributed by atoms with Crippen molar-refractivity contribution in [1.82, 2.24) is 0 Å². The zero-order valence-electron chi connectivity index (χ0n) is 21.6. The molecule has 1 saturated heterocycles. The third-order valence-electron chi connectivity index (χ3n) is 7.44. The Morgan fingerprint density at radius 3 is 2.38 bits per heavy atom. The second kappa shape index (κ2) is 11.4. The first kappa shape index (κ1) is 29.9. The number of aromatic hydroxyl groups is 1. The van der Waals surface area contributed by atoms with Gasteiger partial charge in [0.2, 0.25) is 6.29 Å². The van der Waals surface area contributed by atoms with Gasteiger partial charge in [-0.2, -0.15) is 0 Å². The molecule has 1 aromatic carbocycles. The lowest BCUT2D eigenvalue weighted by atomic mass is 9.77. The molecule has 1 saturated carbocycles. The summed E-state index contributed by atoms with van der Waals surface area (Å²) in [5.74, 6) is -3.38. The molecular weight excluding hydrogens is 536 g/mol. The summed E-state index contributed by atoms with van der Waals surface area (Å²) < 4.78 is 26.7. The summed E-state index contributed by atoms with van der Waals surface area (Å²) >= 11 is 0. The van der Waals surface area contributed by atoms with Gasteiger partial charge in [-0.25, -0.2) is 9.59 Å². The second-order valence-corrected chi connectivity index (χ2v) is 10.0. The maximum atomic E-state index is 12.6. The van der Waals surface area contributed by atoms with Crippen molar-refractivity contribution >= 4 is 18.0 Å². The minimum absolute atomic E-state index is 0.0368. The number of carbonyl (C=O) groups excluding carboxylic acids is 2. The fourth-order valence-corrected chi connectivity index (χ4v) is 5.24. The molecule has 220 valence electrons. The van der Waals surface area contributed by atoms with Crippen LogP contribution in [0.2, 0.25) is 0 Å². The van der Waals surface area contributed by atoms with Crippen LogP contribution in [0.4, 0.5) is 0 Å². The highest BCUT2D eigenvalue weighted by Crippen LogP contribution is 2.53. The van der Waals surface area contributed by atoms with E-state index in [0.29, 0.717) is 5.56 Å². The largest absolute Gasteiger partial charge is 0.508 e. The van der Waals surface area contributed by atoms with Crippen LogP contribution in [0, 0.1) is 5.92 Å². The molecule has 10 unspecified atom stereocenters. The first-order valence-corrected chi connectivity index (χ1v) is 12.4. The molecule has 10 atom stereocenters. The van der Waals surface area contributed by atoms with Crippen molar-refractivity contribution in [3.8, 4) is 5.75 Å². The minimum Gasteiger partial charge on any atom is -0.508 e. The Bertz CT molecular complexity index is 1140. The number of esters is 2. The molecule has 2 heterocycles. The number of benzene rings is 1. The van der Waals surface area contributed by atoms with Gasteiger partial charge in [0.05, 0.1) is 25.9 Å². The van der Waals surface area contributed by atoms with Gasteiger partial charge in [-0.1, -0.05) is 12.1 Å². The molecule has 0 bridgehead atoms. The van der Waals surface area contributed by atoms with E-state index in [1.807, 2.05) is 0 Å². The number of rotatable bonds is 7. The summed E-state index contributed by atoms with van der Waals surface area (Å²) in [5.41, 5.74) is -4.16. The molecule has 2 aliphatic heterocycles. The molecule has 3 aliphatic rings. The Balaban J connectivity index is 1.60. The van der Waals surface area contributed by atoms with Crippen molar-refractivity contribution in [1.29, 1.82) is 0 Å². The number of hydrogen-bond acceptors (Lipinski definition) is 14. The van der Waals surface area contributed by atoms with E-state index in [1.54, 1.807) is 12.1 Å². The van der Waals surface area contributed by atoms with Gasteiger partial charge in [-0.05, 0) is 30.7 Å². The van der Waals surface area contributed by atoms with E-state index in [0.717, 1.165) is 19.4 Å². The molecule has 14 heteroatoms. The molecule has 2 fully saturated rings. The highest BCUT2D eigenvalue weighted by molar-refractivity contribution is 5.91. The van der Waals surface area contributed by atoms with E-state index in [9.17, 15) is 45.3 Å². The van der Waals surface area contributed by atoms with E-state index in [2.05, 4.69) is 0 Å². The number of carbonyl (C=O) groups is 2. The maximum Gasteiger partial charge on any atom is 0.339 e. The lowest BCUT2D eigenvalue weighted by Gasteiger charge is -2.46. The maximum absolute atomic E-state index is 12.6. The Morgan fingerprint density at radius 1 is 1.07 bits per heavy atom. The predicted octanol–water partition coefficient (Wildman–Crippen LogP) is -1.95. The Kier molecular flexibility index (Phi) is 8.54. The average molecular weight is 569 g/mol. The number of phenols is 1. The Labute approximate surface area is 228 Å². The summed E-state index contributed by atoms with van der Waals surface area (Å²) in [4.78, 5) is 25.1. The van der Waals surface area contributed by atoms with Crippen molar-refractivity contribution < 1.29 is 69.0 Å². The number of aliphatic hydroxyl groups excluding tert-OH is 4. The molecule has 0 aromatic heterocycles. The van der Waals surface area contributed by atoms with Gasteiger partial charge in [0, 0.05) is 12.5 Å². The highest BCUT2D eigenvalue weighted by Gasteiger charge is 2.69.